The molecule has 1 atom stereocenters. The molecule has 208 valence electrons. The van der Waals surface area contributed by atoms with Crippen molar-refractivity contribution in [2.24, 2.45) is 16.8 Å². The number of rotatable bonds is 7. The van der Waals surface area contributed by atoms with Crippen LogP contribution < -0.4 is 5.32 Å². The average molecular weight is 597 g/mol. The van der Waals surface area contributed by atoms with Crippen molar-refractivity contribution in [2.75, 3.05) is 20.2 Å². The van der Waals surface area contributed by atoms with Gasteiger partial charge in [-0.05, 0) is 37.8 Å². The summed E-state index contributed by atoms with van der Waals surface area (Å²) in [5, 5.41) is 14.2. The van der Waals surface area contributed by atoms with Crippen molar-refractivity contribution in [2.45, 2.75) is 37.0 Å². The van der Waals surface area contributed by atoms with Crippen molar-refractivity contribution >= 4 is 50.7 Å². The lowest BCUT2D eigenvalue weighted by molar-refractivity contribution is -0.144. The van der Waals surface area contributed by atoms with Crippen LogP contribution in [0.15, 0.2) is 46.0 Å². The molecular weight excluding hydrogens is 571 g/mol. The molecule has 1 aromatic carbocycles. The van der Waals surface area contributed by atoms with Crippen molar-refractivity contribution in [1.82, 2.24) is 14.6 Å². The molecule has 3 aliphatic rings. The number of nitrogens with one attached hydrogen (secondary N) is 1. The molecule has 0 bridgehead atoms. The molecule has 0 unspecified atom stereocenters. The Labute approximate surface area is 233 Å². The second-order valence-electron chi connectivity index (χ2n) is 9.67. The number of ether oxygens (including phenoxy) is 1. The van der Waals surface area contributed by atoms with Crippen LogP contribution in [0.2, 0.25) is 5.02 Å². The van der Waals surface area contributed by atoms with Crippen LogP contribution in [-0.4, -0.2) is 66.0 Å². The van der Waals surface area contributed by atoms with Gasteiger partial charge < -0.3 is 15.2 Å². The van der Waals surface area contributed by atoms with E-state index in [1.54, 1.807) is 11.6 Å². The number of aliphatic carboxylic acids is 1. The lowest BCUT2D eigenvalue weighted by atomic mass is 9.85. The number of piperidine rings is 1. The molecule has 39 heavy (non-hydrogen) atoms. The maximum absolute atomic E-state index is 13.9. The minimum absolute atomic E-state index is 0.103. The first-order valence-electron chi connectivity index (χ1n) is 12.3. The van der Waals surface area contributed by atoms with Crippen LogP contribution in [0, 0.1) is 17.7 Å². The van der Waals surface area contributed by atoms with Gasteiger partial charge in [0, 0.05) is 46.9 Å². The van der Waals surface area contributed by atoms with E-state index in [1.165, 1.54) is 34.9 Å². The first kappa shape index (κ1) is 27.7. The van der Waals surface area contributed by atoms with Gasteiger partial charge in [0.1, 0.15) is 11.9 Å². The fraction of sp³-hybridized carbons (Fsp3) is 0.440. The molecule has 14 heteroatoms. The number of hydrogen-bond acceptors (Lipinski definition) is 9. The van der Waals surface area contributed by atoms with Gasteiger partial charge in [-0.1, -0.05) is 17.7 Å². The van der Waals surface area contributed by atoms with Gasteiger partial charge in [0.25, 0.3) is 0 Å². The molecule has 2 N–H and O–H groups in total. The molecular formula is C25H26ClFN4O6S2. The molecule has 2 fully saturated rings. The third kappa shape index (κ3) is 5.32. The minimum Gasteiger partial charge on any atom is -0.481 e. The summed E-state index contributed by atoms with van der Waals surface area (Å²) in [6, 6.07) is 2.99. The number of sulfonamides is 1. The number of aliphatic imine (C=N–C) groups is 1. The molecule has 3 heterocycles. The first-order chi connectivity index (χ1) is 18.6. The van der Waals surface area contributed by atoms with E-state index in [0.29, 0.717) is 34.9 Å². The maximum Gasteiger partial charge on any atom is 0.338 e. The summed E-state index contributed by atoms with van der Waals surface area (Å²) < 4.78 is 46.6. The zero-order valence-corrected chi connectivity index (χ0v) is 23.2. The van der Waals surface area contributed by atoms with Gasteiger partial charge in [0.15, 0.2) is 10.8 Å². The fourth-order valence-electron chi connectivity index (χ4n) is 5.24. The van der Waals surface area contributed by atoms with E-state index in [4.69, 9.17) is 26.4 Å². The summed E-state index contributed by atoms with van der Waals surface area (Å²) in [5.41, 5.74) is 1.18. The number of carbonyl (C=O) groups is 2. The molecule has 2 aromatic rings. The van der Waals surface area contributed by atoms with E-state index in [0.717, 1.165) is 6.07 Å². The molecule has 10 nitrogen and oxygen atoms in total. The highest BCUT2D eigenvalue weighted by Gasteiger charge is 2.46. The van der Waals surface area contributed by atoms with Crippen molar-refractivity contribution in [3.8, 4) is 0 Å². The number of benzene rings is 1. The van der Waals surface area contributed by atoms with Gasteiger partial charge in [-0.2, -0.15) is 0 Å². The fourth-order valence-corrected chi connectivity index (χ4v) is 8.19. The molecule has 5 rings (SSSR count). The van der Waals surface area contributed by atoms with Crippen LogP contribution in [0.3, 0.4) is 0 Å². The van der Waals surface area contributed by atoms with Crippen LogP contribution >= 0.6 is 22.9 Å². The number of amidine groups is 1. The summed E-state index contributed by atoms with van der Waals surface area (Å²) in [4.78, 5) is 33.4. The van der Waals surface area contributed by atoms with Crippen LogP contribution in [0.5, 0.6) is 0 Å². The van der Waals surface area contributed by atoms with E-state index in [9.17, 15) is 22.4 Å². The third-order valence-electron chi connectivity index (χ3n) is 7.46. The number of carboxylic acid groups (broad SMARTS) is 1. The number of hydrogen-bond donors (Lipinski definition) is 2. The van der Waals surface area contributed by atoms with Crippen molar-refractivity contribution < 1.29 is 32.2 Å². The molecule has 0 spiro atoms. The minimum atomic E-state index is -3.63. The number of allylic oxidation sites excluding steroid dienone is 1. The normalized spacial score (nSPS) is 24.5. The standard InChI is InChI=1S/C25H26ClFN4O6S2/c1-37-25(34)19-20(13-4-7-31(8-5-13)39(35,36)16-10-14(11-16)24(32)33)29-22(23-28-6-9-38-23)30-21(19)17-3-2-15(27)12-18(17)26/h2-3,6,9,12-14,16,21H,4-5,7-8,10-11H2,1H3,(H,29,30)(H,32,33)/t14-,16-,21-/m0/s1. The smallest absolute Gasteiger partial charge is 0.338 e. The molecule has 1 saturated carbocycles. The molecule has 2 aliphatic heterocycles. The van der Waals surface area contributed by atoms with E-state index >= 15 is 0 Å². The number of aromatic nitrogens is 1. The molecule has 1 aliphatic carbocycles. The Morgan fingerprint density at radius 2 is 1.97 bits per heavy atom. The lowest BCUT2D eigenvalue weighted by Crippen LogP contribution is -2.50. The van der Waals surface area contributed by atoms with Crippen LogP contribution in [0.25, 0.3) is 0 Å². The predicted molar refractivity (Wildman–Crippen MR) is 142 cm³/mol. The van der Waals surface area contributed by atoms with Crippen LogP contribution in [0.4, 0.5) is 4.39 Å². The number of carboxylic acids is 1. The van der Waals surface area contributed by atoms with Crippen molar-refractivity contribution in [1.29, 1.82) is 0 Å². The Morgan fingerprint density at radius 3 is 2.56 bits per heavy atom. The Morgan fingerprint density at radius 1 is 1.26 bits per heavy atom. The third-order valence-corrected chi connectivity index (χ3v) is 10.9. The topological polar surface area (TPSA) is 138 Å². The quantitative estimate of drug-likeness (QED) is 0.464. The van der Waals surface area contributed by atoms with Crippen molar-refractivity contribution in [3.63, 3.8) is 0 Å². The Balaban J connectivity index is 1.46. The van der Waals surface area contributed by atoms with Gasteiger partial charge in [-0.25, -0.2) is 26.9 Å². The molecule has 0 amide bonds. The zero-order chi connectivity index (χ0) is 27.9. The number of halogens is 2. The largest absolute Gasteiger partial charge is 0.481 e. The Hall–Kier alpha value is -2.87. The SMILES string of the molecule is COC(=O)C1=C(C2CCN(S(=O)(=O)[C@H]3C[C@H](C(=O)O)C3)CC2)NC(c2nccs2)=N[C@H]1c1ccc(F)cc1Cl. The second kappa shape index (κ2) is 11.0. The van der Waals surface area contributed by atoms with E-state index < -0.39 is 45.0 Å². The molecule has 1 saturated heterocycles. The Kier molecular flexibility index (Phi) is 7.77. The highest BCUT2D eigenvalue weighted by atomic mass is 35.5. The molecule has 1 aromatic heterocycles. The monoisotopic (exact) mass is 596 g/mol. The number of carbonyl (C=O) groups excluding carboxylic acids is 1. The van der Waals surface area contributed by atoms with Crippen molar-refractivity contribution in [3.05, 3.63) is 62.5 Å². The van der Waals surface area contributed by atoms with Crippen LogP contribution in [-0.2, 0) is 24.3 Å². The lowest BCUT2D eigenvalue weighted by Gasteiger charge is -2.40. The average Bonchev–Trinajstić information content (AvgIpc) is 3.41. The molecule has 0 radical (unpaired) electrons. The number of nitrogens with zero attached hydrogens (tertiary/aromatic N) is 3. The van der Waals surface area contributed by atoms with E-state index in [1.807, 2.05) is 0 Å². The van der Waals surface area contributed by atoms with Gasteiger partial charge in [0.05, 0.1) is 23.9 Å². The van der Waals surface area contributed by atoms with E-state index in [2.05, 4.69) is 10.3 Å². The highest BCUT2D eigenvalue weighted by Crippen LogP contribution is 2.41. The van der Waals surface area contributed by atoms with Gasteiger partial charge in [-0.3, -0.25) is 9.79 Å². The van der Waals surface area contributed by atoms with Gasteiger partial charge in [-0.15, -0.1) is 11.3 Å². The van der Waals surface area contributed by atoms with Gasteiger partial charge in [0.2, 0.25) is 10.0 Å². The maximum atomic E-state index is 13.9. The van der Waals surface area contributed by atoms with Gasteiger partial charge >= 0.3 is 11.9 Å². The summed E-state index contributed by atoms with van der Waals surface area (Å²) in [6.45, 7) is 0.430. The zero-order valence-electron chi connectivity index (χ0n) is 20.8. The summed E-state index contributed by atoms with van der Waals surface area (Å²) >= 11 is 7.75. The summed E-state index contributed by atoms with van der Waals surface area (Å²) in [5.74, 6) is -2.58. The summed E-state index contributed by atoms with van der Waals surface area (Å²) in [7, 11) is -2.37. The first-order valence-corrected chi connectivity index (χ1v) is 15.1. The summed E-state index contributed by atoms with van der Waals surface area (Å²) in [6.07, 6.45) is 2.68. The number of methoxy groups -OCH3 is 1. The number of thiazole rings is 1. The predicted octanol–water partition coefficient (Wildman–Crippen LogP) is 3.36. The second-order valence-corrected chi connectivity index (χ2v) is 13.2. The number of esters is 1. The van der Waals surface area contributed by atoms with E-state index in [-0.39, 0.29) is 42.4 Å². The Bertz CT molecular complexity index is 1450. The van der Waals surface area contributed by atoms with Crippen LogP contribution in [0.1, 0.15) is 42.3 Å². The highest BCUT2D eigenvalue weighted by molar-refractivity contribution is 7.89.